The smallest absolute Gasteiger partial charge is 0.339 e. The molecule has 0 unspecified atom stereocenters. The van der Waals surface area contributed by atoms with E-state index < -0.39 is 5.97 Å². The van der Waals surface area contributed by atoms with E-state index >= 15 is 0 Å². The molecule has 0 saturated heterocycles. The number of hydrogen-bond donors (Lipinski definition) is 3. The number of aromatic carboxylic acids is 1. The molecule has 1 amide bonds. The molecule has 6 nitrogen and oxygen atoms in total. The van der Waals surface area contributed by atoms with Crippen LogP contribution in [0.15, 0.2) is 16.7 Å². The van der Waals surface area contributed by atoms with Gasteiger partial charge in [-0.1, -0.05) is 0 Å². The number of amides is 1. The molecule has 0 aliphatic heterocycles. The molecule has 0 spiro atoms. The number of halogens is 1. The SMILES string of the molecule is CCNC(=O)CNc1ncc(Br)cc1C(=O)O. The lowest BCUT2D eigenvalue weighted by molar-refractivity contribution is -0.119. The quantitative estimate of drug-likeness (QED) is 0.757. The maximum absolute atomic E-state index is 11.2. The van der Waals surface area contributed by atoms with E-state index in [0.717, 1.165) is 0 Å². The summed E-state index contributed by atoms with van der Waals surface area (Å²) >= 11 is 3.14. The average molecular weight is 302 g/mol. The van der Waals surface area contributed by atoms with Crippen molar-refractivity contribution in [2.45, 2.75) is 6.92 Å². The van der Waals surface area contributed by atoms with Gasteiger partial charge < -0.3 is 15.7 Å². The van der Waals surface area contributed by atoms with Crippen molar-refractivity contribution in [3.05, 3.63) is 22.3 Å². The van der Waals surface area contributed by atoms with Crippen molar-refractivity contribution >= 4 is 33.6 Å². The summed E-state index contributed by atoms with van der Waals surface area (Å²) in [7, 11) is 0. The first-order chi connectivity index (χ1) is 8.04. The number of hydrogen-bond acceptors (Lipinski definition) is 4. The van der Waals surface area contributed by atoms with Gasteiger partial charge in [-0.05, 0) is 28.9 Å². The van der Waals surface area contributed by atoms with Crippen molar-refractivity contribution in [1.82, 2.24) is 10.3 Å². The van der Waals surface area contributed by atoms with Crippen LogP contribution in [0.25, 0.3) is 0 Å². The van der Waals surface area contributed by atoms with Gasteiger partial charge in [-0.25, -0.2) is 9.78 Å². The van der Waals surface area contributed by atoms with Crippen molar-refractivity contribution < 1.29 is 14.7 Å². The predicted molar refractivity (Wildman–Crippen MR) is 66.1 cm³/mol. The van der Waals surface area contributed by atoms with E-state index in [1.807, 2.05) is 0 Å². The highest BCUT2D eigenvalue weighted by Gasteiger charge is 2.12. The minimum atomic E-state index is -1.10. The zero-order chi connectivity index (χ0) is 12.8. The number of pyridine rings is 1. The second-order valence-corrected chi connectivity index (χ2v) is 4.08. The minimum absolute atomic E-state index is 0.0112. The van der Waals surface area contributed by atoms with E-state index in [1.54, 1.807) is 6.92 Å². The maximum atomic E-state index is 11.2. The van der Waals surface area contributed by atoms with E-state index in [-0.39, 0.29) is 23.8 Å². The number of carbonyl (C=O) groups excluding carboxylic acids is 1. The van der Waals surface area contributed by atoms with Crippen LogP contribution in [0, 0.1) is 0 Å². The fourth-order valence-corrected chi connectivity index (χ4v) is 1.50. The highest BCUT2D eigenvalue weighted by molar-refractivity contribution is 9.10. The molecule has 92 valence electrons. The zero-order valence-electron chi connectivity index (χ0n) is 9.16. The summed E-state index contributed by atoms with van der Waals surface area (Å²) in [6.07, 6.45) is 1.46. The Kier molecular flexibility index (Phi) is 4.89. The fourth-order valence-electron chi connectivity index (χ4n) is 1.17. The average Bonchev–Trinajstić information content (AvgIpc) is 2.27. The summed E-state index contributed by atoms with van der Waals surface area (Å²) in [6.45, 7) is 2.32. The third-order valence-electron chi connectivity index (χ3n) is 1.88. The van der Waals surface area contributed by atoms with Gasteiger partial charge in [0.05, 0.1) is 6.54 Å². The highest BCUT2D eigenvalue weighted by atomic mass is 79.9. The van der Waals surface area contributed by atoms with E-state index in [1.165, 1.54) is 12.3 Å². The third kappa shape index (κ3) is 4.03. The number of nitrogens with zero attached hydrogens (tertiary/aromatic N) is 1. The van der Waals surface area contributed by atoms with Gasteiger partial charge in [-0.3, -0.25) is 4.79 Å². The van der Waals surface area contributed by atoms with Gasteiger partial charge in [-0.15, -0.1) is 0 Å². The number of carboxylic acids is 1. The molecule has 1 aromatic heterocycles. The van der Waals surface area contributed by atoms with Gasteiger partial charge in [0.1, 0.15) is 11.4 Å². The van der Waals surface area contributed by atoms with Crippen LogP contribution in [-0.2, 0) is 4.79 Å². The van der Waals surface area contributed by atoms with E-state index in [4.69, 9.17) is 5.11 Å². The first kappa shape index (κ1) is 13.4. The molecule has 0 aliphatic rings. The summed E-state index contributed by atoms with van der Waals surface area (Å²) in [5.74, 6) is -1.14. The molecule has 0 fully saturated rings. The molecule has 0 atom stereocenters. The number of likely N-dealkylation sites (N-methyl/N-ethyl adjacent to an activating group) is 1. The van der Waals surface area contributed by atoms with Crippen molar-refractivity contribution in [3.8, 4) is 0 Å². The van der Waals surface area contributed by atoms with Crippen LogP contribution in [0.3, 0.4) is 0 Å². The van der Waals surface area contributed by atoms with Gasteiger partial charge in [0.2, 0.25) is 5.91 Å². The number of rotatable bonds is 5. The summed E-state index contributed by atoms with van der Waals surface area (Å²) in [5.41, 5.74) is 0.0173. The first-order valence-electron chi connectivity index (χ1n) is 4.94. The number of anilines is 1. The van der Waals surface area contributed by atoms with Gasteiger partial charge in [0.25, 0.3) is 0 Å². The molecule has 1 rings (SSSR count). The van der Waals surface area contributed by atoms with Gasteiger partial charge in [-0.2, -0.15) is 0 Å². The molecule has 3 N–H and O–H groups in total. The van der Waals surface area contributed by atoms with Crippen molar-refractivity contribution in [3.63, 3.8) is 0 Å². The molecule has 17 heavy (non-hydrogen) atoms. The first-order valence-corrected chi connectivity index (χ1v) is 5.73. The highest BCUT2D eigenvalue weighted by Crippen LogP contribution is 2.17. The number of carbonyl (C=O) groups is 2. The Hall–Kier alpha value is -1.63. The summed E-state index contributed by atoms with van der Waals surface area (Å²) in [6, 6.07) is 1.43. The topological polar surface area (TPSA) is 91.3 Å². The lowest BCUT2D eigenvalue weighted by Crippen LogP contribution is -2.30. The van der Waals surface area contributed by atoms with Crippen LogP contribution < -0.4 is 10.6 Å². The van der Waals surface area contributed by atoms with Gasteiger partial charge in [0, 0.05) is 17.2 Å². The molecule has 0 saturated carbocycles. The summed E-state index contributed by atoms with van der Waals surface area (Å²) in [4.78, 5) is 26.1. The van der Waals surface area contributed by atoms with Crippen LogP contribution >= 0.6 is 15.9 Å². The van der Waals surface area contributed by atoms with Gasteiger partial charge >= 0.3 is 5.97 Å². The molecular weight excluding hydrogens is 290 g/mol. The van der Waals surface area contributed by atoms with Crippen LogP contribution in [-0.4, -0.2) is 35.1 Å². The van der Waals surface area contributed by atoms with E-state index in [2.05, 4.69) is 31.5 Å². The Labute approximate surface area is 107 Å². The molecule has 0 aromatic carbocycles. The Morgan fingerprint density at radius 1 is 1.53 bits per heavy atom. The van der Waals surface area contributed by atoms with Crippen LogP contribution in [0.2, 0.25) is 0 Å². The molecule has 1 aromatic rings. The molecule has 0 bridgehead atoms. The monoisotopic (exact) mass is 301 g/mol. The van der Waals surface area contributed by atoms with E-state index in [0.29, 0.717) is 11.0 Å². The lowest BCUT2D eigenvalue weighted by atomic mass is 10.2. The largest absolute Gasteiger partial charge is 0.478 e. The summed E-state index contributed by atoms with van der Waals surface area (Å²) < 4.78 is 0.568. The van der Waals surface area contributed by atoms with Crippen LogP contribution in [0.1, 0.15) is 17.3 Å². The molecule has 7 heteroatoms. The Bertz CT molecular complexity index is 437. The molecule has 1 heterocycles. The molecule has 0 aliphatic carbocycles. The number of carboxylic acid groups (broad SMARTS) is 1. The predicted octanol–water partition coefficient (Wildman–Crippen LogP) is 1.09. The zero-order valence-corrected chi connectivity index (χ0v) is 10.7. The number of aromatic nitrogens is 1. The second-order valence-electron chi connectivity index (χ2n) is 3.16. The minimum Gasteiger partial charge on any atom is -0.478 e. The van der Waals surface area contributed by atoms with Crippen LogP contribution in [0.4, 0.5) is 5.82 Å². The molecular formula is C10H12BrN3O3. The standard InChI is InChI=1S/C10H12BrN3O3/c1-2-12-8(15)5-14-9-7(10(16)17)3-6(11)4-13-9/h3-4H,2,5H2,1H3,(H,12,15)(H,13,14)(H,16,17). The Morgan fingerprint density at radius 2 is 2.24 bits per heavy atom. The fraction of sp³-hybridized carbons (Fsp3) is 0.300. The summed E-state index contributed by atoms with van der Waals surface area (Å²) in [5, 5.41) is 14.2. The van der Waals surface area contributed by atoms with Crippen molar-refractivity contribution in [1.29, 1.82) is 0 Å². The van der Waals surface area contributed by atoms with Gasteiger partial charge in [0.15, 0.2) is 0 Å². The normalized spacial score (nSPS) is 9.76. The second kappa shape index (κ2) is 6.19. The Balaban J connectivity index is 2.77. The number of nitrogens with one attached hydrogen (secondary N) is 2. The van der Waals surface area contributed by atoms with Crippen molar-refractivity contribution in [2.24, 2.45) is 0 Å². The lowest BCUT2D eigenvalue weighted by Gasteiger charge is -2.08. The van der Waals surface area contributed by atoms with Crippen molar-refractivity contribution in [2.75, 3.05) is 18.4 Å². The third-order valence-corrected chi connectivity index (χ3v) is 2.31. The maximum Gasteiger partial charge on any atom is 0.339 e. The Morgan fingerprint density at radius 3 is 2.82 bits per heavy atom. The molecule has 0 radical (unpaired) electrons. The van der Waals surface area contributed by atoms with Crippen LogP contribution in [0.5, 0.6) is 0 Å². The van der Waals surface area contributed by atoms with E-state index in [9.17, 15) is 9.59 Å².